The van der Waals surface area contributed by atoms with E-state index in [4.69, 9.17) is 0 Å². The second-order valence-corrected chi connectivity index (χ2v) is 6.08. The number of amides is 1. The van der Waals surface area contributed by atoms with Crippen LogP contribution < -0.4 is 5.43 Å². The monoisotopic (exact) mass is 366 g/mol. The fraction of sp³-hybridized carbons (Fsp3) is 0.0526. The Morgan fingerprint density at radius 1 is 1.04 bits per heavy atom. The highest BCUT2D eigenvalue weighted by Crippen LogP contribution is 2.18. The van der Waals surface area contributed by atoms with E-state index in [1.165, 1.54) is 0 Å². The maximum absolute atomic E-state index is 12.1. The number of halogens is 1. The predicted octanol–water partition coefficient (Wildman–Crippen LogP) is 4.30. The molecule has 3 nitrogen and oxygen atoms in total. The van der Waals surface area contributed by atoms with Crippen molar-refractivity contribution in [2.45, 2.75) is 6.42 Å². The molecule has 114 valence electrons. The first-order valence-electron chi connectivity index (χ1n) is 7.26. The second kappa shape index (κ2) is 7.20. The molecule has 0 aromatic heterocycles. The van der Waals surface area contributed by atoms with Gasteiger partial charge in [-0.05, 0) is 34.0 Å². The number of carbonyl (C=O) groups is 1. The van der Waals surface area contributed by atoms with Crippen LogP contribution in [0.5, 0.6) is 0 Å². The molecule has 1 N–H and O–H groups in total. The fourth-order valence-corrected chi connectivity index (χ4v) is 2.84. The molecule has 4 heteroatoms. The molecule has 0 spiro atoms. The van der Waals surface area contributed by atoms with Crippen molar-refractivity contribution >= 4 is 38.8 Å². The second-order valence-electron chi connectivity index (χ2n) is 5.16. The zero-order valence-electron chi connectivity index (χ0n) is 12.4. The van der Waals surface area contributed by atoms with E-state index in [0.717, 1.165) is 26.4 Å². The van der Waals surface area contributed by atoms with Gasteiger partial charge in [-0.15, -0.1) is 0 Å². The van der Waals surface area contributed by atoms with Crippen molar-refractivity contribution in [1.82, 2.24) is 5.43 Å². The first-order chi connectivity index (χ1) is 11.2. The van der Waals surface area contributed by atoms with Gasteiger partial charge >= 0.3 is 0 Å². The van der Waals surface area contributed by atoms with Crippen LogP contribution in [0.25, 0.3) is 10.8 Å². The SMILES string of the molecule is O=C(Cc1cccc2ccccc12)N/N=C/c1cccc(Br)c1. The first kappa shape index (κ1) is 15.4. The maximum Gasteiger partial charge on any atom is 0.244 e. The standard InChI is InChI=1S/C19H15BrN2O/c20-17-9-3-5-14(11-17)13-21-22-19(23)12-16-8-4-7-15-6-1-2-10-18(15)16/h1-11,13H,12H2,(H,22,23)/b21-13+. The van der Waals surface area contributed by atoms with Crippen molar-refractivity contribution in [1.29, 1.82) is 0 Å². The highest BCUT2D eigenvalue weighted by atomic mass is 79.9. The minimum atomic E-state index is -0.132. The van der Waals surface area contributed by atoms with Gasteiger partial charge in [0, 0.05) is 4.47 Å². The van der Waals surface area contributed by atoms with E-state index in [9.17, 15) is 4.79 Å². The van der Waals surface area contributed by atoms with Crippen molar-refractivity contribution in [3.8, 4) is 0 Å². The highest BCUT2D eigenvalue weighted by Gasteiger charge is 2.05. The van der Waals surface area contributed by atoms with E-state index >= 15 is 0 Å². The molecule has 3 aromatic rings. The van der Waals surface area contributed by atoms with Crippen molar-refractivity contribution in [2.75, 3.05) is 0 Å². The van der Waals surface area contributed by atoms with Gasteiger partial charge in [0.2, 0.25) is 5.91 Å². The van der Waals surface area contributed by atoms with Crippen molar-refractivity contribution in [3.63, 3.8) is 0 Å². The van der Waals surface area contributed by atoms with Gasteiger partial charge in [0.25, 0.3) is 0 Å². The minimum absolute atomic E-state index is 0.132. The maximum atomic E-state index is 12.1. The third-order valence-corrected chi connectivity index (χ3v) is 3.98. The molecule has 0 aliphatic carbocycles. The zero-order chi connectivity index (χ0) is 16.1. The van der Waals surface area contributed by atoms with Gasteiger partial charge in [-0.2, -0.15) is 5.10 Å². The van der Waals surface area contributed by atoms with Gasteiger partial charge in [-0.1, -0.05) is 70.5 Å². The molecule has 1 amide bonds. The molecule has 0 bridgehead atoms. The Morgan fingerprint density at radius 2 is 1.83 bits per heavy atom. The minimum Gasteiger partial charge on any atom is -0.273 e. The van der Waals surface area contributed by atoms with Gasteiger partial charge in [-0.3, -0.25) is 4.79 Å². The molecule has 0 unspecified atom stereocenters. The summed E-state index contributed by atoms with van der Waals surface area (Å²) in [4.78, 5) is 12.1. The van der Waals surface area contributed by atoms with Crippen molar-refractivity contribution in [3.05, 3.63) is 82.3 Å². The summed E-state index contributed by atoms with van der Waals surface area (Å²) in [6.07, 6.45) is 1.93. The Balaban J connectivity index is 1.67. The molecule has 0 atom stereocenters. The van der Waals surface area contributed by atoms with Gasteiger partial charge in [0.15, 0.2) is 0 Å². The first-order valence-corrected chi connectivity index (χ1v) is 8.06. The van der Waals surface area contributed by atoms with Crippen LogP contribution in [0.2, 0.25) is 0 Å². The molecule has 0 saturated heterocycles. The molecular weight excluding hydrogens is 352 g/mol. The van der Waals surface area contributed by atoms with Gasteiger partial charge in [0.05, 0.1) is 12.6 Å². The van der Waals surface area contributed by atoms with E-state index < -0.39 is 0 Å². The summed E-state index contributed by atoms with van der Waals surface area (Å²) in [5.41, 5.74) is 4.50. The summed E-state index contributed by atoms with van der Waals surface area (Å²) in [5.74, 6) is -0.132. The normalized spacial score (nSPS) is 11.0. The van der Waals surface area contributed by atoms with Crippen LogP contribution in [-0.2, 0) is 11.2 Å². The van der Waals surface area contributed by atoms with E-state index in [-0.39, 0.29) is 5.91 Å². The summed E-state index contributed by atoms with van der Waals surface area (Å²) in [6, 6.07) is 21.7. The van der Waals surface area contributed by atoms with Crippen LogP contribution in [0.3, 0.4) is 0 Å². The van der Waals surface area contributed by atoms with E-state index in [1.807, 2.05) is 66.7 Å². The number of fused-ring (bicyclic) bond motifs is 1. The number of hydrogen-bond donors (Lipinski definition) is 1. The summed E-state index contributed by atoms with van der Waals surface area (Å²) >= 11 is 3.40. The van der Waals surface area contributed by atoms with Crippen LogP contribution >= 0.6 is 15.9 Å². The van der Waals surface area contributed by atoms with Crippen LogP contribution in [0.15, 0.2) is 76.3 Å². The Morgan fingerprint density at radius 3 is 2.70 bits per heavy atom. The Labute approximate surface area is 143 Å². The number of carbonyl (C=O) groups excluding carboxylic acids is 1. The number of rotatable bonds is 4. The van der Waals surface area contributed by atoms with Crippen LogP contribution in [-0.4, -0.2) is 12.1 Å². The topological polar surface area (TPSA) is 41.5 Å². The smallest absolute Gasteiger partial charge is 0.244 e. The average molecular weight is 367 g/mol. The third-order valence-electron chi connectivity index (χ3n) is 3.48. The number of benzene rings is 3. The van der Waals surface area contributed by atoms with E-state index in [2.05, 4.69) is 26.5 Å². The molecule has 0 aliphatic rings. The number of hydrogen-bond acceptors (Lipinski definition) is 2. The number of nitrogens with zero attached hydrogens (tertiary/aromatic N) is 1. The van der Waals surface area contributed by atoms with Crippen molar-refractivity contribution in [2.24, 2.45) is 5.10 Å². The zero-order valence-corrected chi connectivity index (χ0v) is 14.0. The van der Waals surface area contributed by atoms with Crippen LogP contribution in [0.4, 0.5) is 0 Å². The highest BCUT2D eigenvalue weighted by molar-refractivity contribution is 9.10. The fourth-order valence-electron chi connectivity index (χ4n) is 2.42. The molecule has 0 radical (unpaired) electrons. The summed E-state index contributed by atoms with van der Waals surface area (Å²) in [6.45, 7) is 0. The third kappa shape index (κ3) is 4.05. The molecule has 0 saturated carbocycles. The molecule has 0 heterocycles. The molecule has 23 heavy (non-hydrogen) atoms. The van der Waals surface area contributed by atoms with E-state index in [1.54, 1.807) is 6.21 Å². The molecular formula is C19H15BrN2O. The largest absolute Gasteiger partial charge is 0.273 e. The van der Waals surface area contributed by atoms with Crippen molar-refractivity contribution < 1.29 is 4.79 Å². The van der Waals surface area contributed by atoms with E-state index in [0.29, 0.717) is 6.42 Å². The summed E-state index contributed by atoms with van der Waals surface area (Å²) in [7, 11) is 0. The Bertz CT molecular complexity index is 869. The lowest BCUT2D eigenvalue weighted by atomic mass is 10.0. The molecule has 3 rings (SSSR count). The summed E-state index contributed by atoms with van der Waals surface area (Å²) < 4.78 is 0.975. The lowest BCUT2D eigenvalue weighted by Gasteiger charge is -2.05. The predicted molar refractivity (Wildman–Crippen MR) is 97.5 cm³/mol. The number of hydrazone groups is 1. The molecule has 3 aromatic carbocycles. The Hall–Kier alpha value is -2.46. The lowest BCUT2D eigenvalue weighted by molar-refractivity contribution is -0.120. The molecule has 0 fully saturated rings. The van der Waals surface area contributed by atoms with Crippen LogP contribution in [0.1, 0.15) is 11.1 Å². The summed E-state index contributed by atoms with van der Waals surface area (Å²) in [5, 5.41) is 6.25. The number of nitrogens with one attached hydrogen (secondary N) is 1. The van der Waals surface area contributed by atoms with Gasteiger partial charge in [-0.25, -0.2) is 5.43 Å². The quantitative estimate of drug-likeness (QED) is 0.542. The molecule has 0 aliphatic heterocycles. The average Bonchev–Trinajstić information content (AvgIpc) is 2.55. The Kier molecular flexibility index (Phi) is 4.83. The van der Waals surface area contributed by atoms with Crippen LogP contribution in [0, 0.1) is 0 Å². The van der Waals surface area contributed by atoms with Gasteiger partial charge in [0.1, 0.15) is 0 Å². The lowest BCUT2D eigenvalue weighted by Crippen LogP contribution is -2.19. The van der Waals surface area contributed by atoms with Gasteiger partial charge < -0.3 is 0 Å².